The van der Waals surface area contributed by atoms with Crippen molar-refractivity contribution >= 4 is 34.7 Å². The van der Waals surface area contributed by atoms with E-state index in [1.54, 1.807) is 24.3 Å². The second-order valence-corrected chi connectivity index (χ2v) is 6.33. The number of carbonyl (C=O) groups excluding carboxylic acids is 2. The van der Waals surface area contributed by atoms with Crippen molar-refractivity contribution in [1.82, 2.24) is 0 Å². The summed E-state index contributed by atoms with van der Waals surface area (Å²) in [7, 11) is 0. The molecular formula is C19H16ClNO3. The van der Waals surface area contributed by atoms with E-state index in [-0.39, 0.29) is 5.57 Å². The third kappa shape index (κ3) is 2.49. The Balaban J connectivity index is 2.09. The minimum atomic E-state index is -0.741. The monoisotopic (exact) mass is 341 g/mol. The maximum atomic E-state index is 12.8. The number of anilines is 1. The number of halogens is 1. The Hall–Kier alpha value is -2.59. The predicted molar refractivity (Wildman–Crippen MR) is 94.1 cm³/mol. The van der Waals surface area contributed by atoms with Gasteiger partial charge in [0.05, 0.1) is 11.3 Å². The van der Waals surface area contributed by atoms with Gasteiger partial charge in [-0.15, -0.1) is 0 Å². The molecule has 24 heavy (non-hydrogen) atoms. The SMILES string of the molecule is Cc1ccc(C2=C(O)C(=O)N(c3ccc(C)c(Cl)c3)C2=O)c(C)c1. The van der Waals surface area contributed by atoms with E-state index in [9.17, 15) is 14.7 Å². The van der Waals surface area contributed by atoms with Crippen LogP contribution in [0.4, 0.5) is 5.69 Å². The Kier molecular flexibility index (Phi) is 3.93. The van der Waals surface area contributed by atoms with Crippen LogP contribution in [-0.4, -0.2) is 16.9 Å². The van der Waals surface area contributed by atoms with Crippen LogP contribution in [0.5, 0.6) is 0 Å². The third-order valence-electron chi connectivity index (χ3n) is 4.12. The number of aliphatic hydroxyl groups excluding tert-OH is 1. The van der Waals surface area contributed by atoms with Crippen LogP contribution < -0.4 is 4.90 Å². The van der Waals surface area contributed by atoms with Crippen LogP contribution in [-0.2, 0) is 9.59 Å². The molecule has 0 saturated heterocycles. The average Bonchev–Trinajstić information content (AvgIpc) is 2.73. The number of hydrogen-bond donors (Lipinski definition) is 1. The first-order valence-electron chi connectivity index (χ1n) is 7.47. The molecule has 3 rings (SSSR count). The molecule has 0 radical (unpaired) electrons. The molecule has 122 valence electrons. The van der Waals surface area contributed by atoms with Crippen LogP contribution in [0.1, 0.15) is 22.3 Å². The Labute approximate surface area is 145 Å². The summed E-state index contributed by atoms with van der Waals surface area (Å²) in [4.78, 5) is 26.2. The van der Waals surface area contributed by atoms with E-state index in [0.29, 0.717) is 16.3 Å². The Bertz CT molecular complexity index is 915. The molecule has 0 bridgehead atoms. The zero-order valence-electron chi connectivity index (χ0n) is 13.6. The fraction of sp³-hybridized carbons (Fsp3) is 0.158. The average molecular weight is 342 g/mol. The van der Waals surface area contributed by atoms with Crippen molar-refractivity contribution in [2.45, 2.75) is 20.8 Å². The zero-order valence-corrected chi connectivity index (χ0v) is 14.3. The minimum absolute atomic E-state index is 0.0224. The van der Waals surface area contributed by atoms with Crippen molar-refractivity contribution in [1.29, 1.82) is 0 Å². The van der Waals surface area contributed by atoms with Gasteiger partial charge < -0.3 is 5.11 Å². The third-order valence-corrected chi connectivity index (χ3v) is 4.53. The van der Waals surface area contributed by atoms with Crippen LogP contribution in [0, 0.1) is 20.8 Å². The molecule has 0 saturated carbocycles. The van der Waals surface area contributed by atoms with Gasteiger partial charge in [-0.2, -0.15) is 0 Å². The van der Waals surface area contributed by atoms with E-state index in [2.05, 4.69) is 0 Å². The molecule has 1 heterocycles. The lowest BCUT2D eigenvalue weighted by Crippen LogP contribution is -2.31. The molecule has 0 aliphatic carbocycles. The number of carbonyl (C=O) groups is 2. The van der Waals surface area contributed by atoms with E-state index in [1.165, 1.54) is 0 Å². The summed E-state index contributed by atoms with van der Waals surface area (Å²) in [5, 5.41) is 10.7. The Morgan fingerprint density at radius 3 is 2.25 bits per heavy atom. The Morgan fingerprint density at radius 1 is 0.917 bits per heavy atom. The van der Waals surface area contributed by atoms with E-state index >= 15 is 0 Å². The van der Waals surface area contributed by atoms with Gasteiger partial charge in [-0.05, 0) is 49.6 Å². The summed E-state index contributed by atoms with van der Waals surface area (Å²) in [5.74, 6) is -1.83. The molecule has 1 N–H and O–H groups in total. The summed E-state index contributed by atoms with van der Waals surface area (Å²) in [6.07, 6.45) is 0. The maximum Gasteiger partial charge on any atom is 0.301 e. The molecule has 0 unspecified atom stereocenters. The quantitative estimate of drug-likeness (QED) is 0.836. The number of benzene rings is 2. The summed E-state index contributed by atoms with van der Waals surface area (Å²) in [5.41, 5.74) is 3.61. The van der Waals surface area contributed by atoms with Gasteiger partial charge >= 0.3 is 5.91 Å². The molecule has 0 fully saturated rings. The fourth-order valence-electron chi connectivity index (χ4n) is 2.81. The zero-order chi connectivity index (χ0) is 17.6. The van der Waals surface area contributed by atoms with Crippen molar-refractivity contribution in [3.8, 4) is 0 Å². The van der Waals surface area contributed by atoms with Crippen LogP contribution in [0.2, 0.25) is 5.02 Å². The minimum Gasteiger partial charge on any atom is -0.502 e. The molecule has 0 atom stereocenters. The summed E-state index contributed by atoms with van der Waals surface area (Å²) in [6, 6.07) is 10.4. The van der Waals surface area contributed by atoms with Gasteiger partial charge in [0.2, 0.25) is 0 Å². The highest BCUT2D eigenvalue weighted by atomic mass is 35.5. The normalized spacial score (nSPS) is 14.8. The summed E-state index contributed by atoms with van der Waals surface area (Å²) >= 11 is 6.09. The molecule has 5 heteroatoms. The molecule has 2 aromatic carbocycles. The molecular weight excluding hydrogens is 326 g/mol. The smallest absolute Gasteiger partial charge is 0.301 e. The Morgan fingerprint density at radius 2 is 1.62 bits per heavy atom. The molecule has 1 aliphatic heterocycles. The van der Waals surface area contributed by atoms with Crippen molar-refractivity contribution in [3.63, 3.8) is 0 Å². The van der Waals surface area contributed by atoms with Crippen molar-refractivity contribution in [2.24, 2.45) is 0 Å². The topological polar surface area (TPSA) is 57.6 Å². The van der Waals surface area contributed by atoms with Gasteiger partial charge in [0.1, 0.15) is 0 Å². The second-order valence-electron chi connectivity index (χ2n) is 5.92. The molecule has 2 aromatic rings. The highest BCUT2D eigenvalue weighted by Gasteiger charge is 2.40. The van der Waals surface area contributed by atoms with Crippen molar-refractivity contribution < 1.29 is 14.7 Å². The summed E-state index contributed by atoms with van der Waals surface area (Å²) in [6.45, 7) is 5.61. The number of aliphatic hydroxyl groups is 1. The van der Waals surface area contributed by atoms with Crippen molar-refractivity contribution in [2.75, 3.05) is 4.90 Å². The van der Waals surface area contributed by atoms with Crippen LogP contribution in [0.25, 0.3) is 5.57 Å². The highest BCUT2D eigenvalue weighted by Crippen LogP contribution is 2.34. The molecule has 0 aromatic heterocycles. The lowest BCUT2D eigenvalue weighted by Gasteiger charge is -2.16. The van der Waals surface area contributed by atoms with Gasteiger partial charge in [-0.25, -0.2) is 4.90 Å². The largest absolute Gasteiger partial charge is 0.502 e. The number of rotatable bonds is 2. The predicted octanol–water partition coefficient (Wildman–Crippen LogP) is 4.11. The molecule has 0 spiro atoms. The van der Waals surface area contributed by atoms with E-state index in [0.717, 1.165) is 21.6 Å². The highest BCUT2D eigenvalue weighted by molar-refractivity contribution is 6.45. The number of amides is 2. The number of hydrogen-bond acceptors (Lipinski definition) is 3. The molecule has 1 aliphatic rings. The van der Waals surface area contributed by atoms with Crippen LogP contribution in [0.3, 0.4) is 0 Å². The van der Waals surface area contributed by atoms with E-state index in [4.69, 9.17) is 11.6 Å². The van der Waals surface area contributed by atoms with Gasteiger partial charge in [0, 0.05) is 5.02 Å². The fourth-order valence-corrected chi connectivity index (χ4v) is 2.99. The lowest BCUT2D eigenvalue weighted by atomic mass is 9.98. The standard InChI is InChI=1S/C19H16ClNO3/c1-10-4-7-14(12(3)8-10)16-17(22)19(24)21(18(16)23)13-6-5-11(2)15(20)9-13/h4-9,22H,1-3H3. The number of imide groups is 1. The second kappa shape index (κ2) is 5.80. The first-order chi connectivity index (χ1) is 11.3. The van der Waals surface area contributed by atoms with Gasteiger partial charge in [-0.3, -0.25) is 9.59 Å². The van der Waals surface area contributed by atoms with Crippen LogP contribution in [0.15, 0.2) is 42.2 Å². The first-order valence-corrected chi connectivity index (χ1v) is 7.85. The number of aryl methyl sites for hydroxylation is 3. The number of nitrogens with zero attached hydrogens (tertiary/aromatic N) is 1. The molecule has 4 nitrogen and oxygen atoms in total. The maximum absolute atomic E-state index is 12.8. The van der Waals surface area contributed by atoms with Crippen molar-refractivity contribution in [3.05, 3.63) is 69.4 Å². The molecule has 2 amide bonds. The van der Waals surface area contributed by atoms with Gasteiger partial charge in [0.15, 0.2) is 5.76 Å². The van der Waals surface area contributed by atoms with E-state index < -0.39 is 17.6 Å². The van der Waals surface area contributed by atoms with E-state index in [1.807, 2.05) is 32.9 Å². The lowest BCUT2D eigenvalue weighted by molar-refractivity contribution is -0.121. The van der Waals surface area contributed by atoms with Gasteiger partial charge in [0.25, 0.3) is 5.91 Å². The van der Waals surface area contributed by atoms with Crippen LogP contribution >= 0.6 is 11.6 Å². The summed E-state index contributed by atoms with van der Waals surface area (Å²) < 4.78 is 0. The first kappa shape index (κ1) is 16.3. The van der Waals surface area contributed by atoms with Gasteiger partial charge in [-0.1, -0.05) is 41.4 Å².